The van der Waals surface area contributed by atoms with Gasteiger partial charge in [-0.3, -0.25) is 10.1 Å². The summed E-state index contributed by atoms with van der Waals surface area (Å²) in [6, 6.07) is 7.71. The Morgan fingerprint density at radius 2 is 1.94 bits per heavy atom. The maximum Gasteiger partial charge on any atom is 0.269 e. The summed E-state index contributed by atoms with van der Waals surface area (Å²) in [5, 5.41) is 19.3. The van der Waals surface area contributed by atoms with Crippen LogP contribution in [0.15, 0.2) is 35.5 Å². The van der Waals surface area contributed by atoms with E-state index >= 15 is 0 Å². The summed E-state index contributed by atoms with van der Waals surface area (Å²) in [5.41, 5.74) is 12.1. The molecule has 0 aliphatic rings. The van der Waals surface area contributed by atoms with Gasteiger partial charge in [-0.2, -0.15) is 5.26 Å². The van der Waals surface area contributed by atoms with Crippen molar-refractivity contribution in [1.29, 1.82) is 5.26 Å². The van der Waals surface area contributed by atoms with Gasteiger partial charge in [-0.1, -0.05) is 24.4 Å². The van der Waals surface area contributed by atoms with Gasteiger partial charge in [0.25, 0.3) is 5.69 Å². The van der Waals surface area contributed by atoms with Crippen LogP contribution in [0.3, 0.4) is 0 Å². The summed E-state index contributed by atoms with van der Waals surface area (Å²) in [7, 11) is 0. The van der Waals surface area contributed by atoms with Crippen LogP contribution in [0.5, 0.6) is 0 Å². The zero-order chi connectivity index (χ0) is 13.7. The smallest absolute Gasteiger partial charge is 0.269 e. The summed E-state index contributed by atoms with van der Waals surface area (Å²) in [4.78, 5) is 9.93. The van der Waals surface area contributed by atoms with Gasteiger partial charge in [-0.05, 0) is 5.56 Å². The molecule has 92 valence electrons. The van der Waals surface area contributed by atoms with E-state index in [1.165, 1.54) is 12.1 Å². The number of non-ortho nitro benzene ring substituents is 1. The molecule has 0 radical (unpaired) electrons. The van der Waals surface area contributed by atoms with Crippen LogP contribution >= 0.6 is 12.2 Å². The van der Waals surface area contributed by atoms with Gasteiger partial charge in [0.05, 0.1) is 4.92 Å². The Balaban J connectivity index is 2.95. The van der Waals surface area contributed by atoms with Gasteiger partial charge in [-0.15, -0.1) is 0 Å². The van der Waals surface area contributed by atoms with Gasteiger partial charge in [0.2, 0.25) is 0 Å². The summed E-state index contributed by atoms with van der Waals surface area (Å²) in [6.07, 6.45) is 0.262. The minimum atomic E-state index is -0.487. The van der Waals surface area contributed by atoms with Crippen LogP contribution in [-0.4, -0.2) is 9.91 Å². The van der Waals surface area contributed by atoms with Crippen LogP contribution in [0.4, 0.5) is 5.69 Å². The maximum absolute atomic E-state index is 10.5. The van der Waals surface area contributed by atoms with Crippen molar-refractivity contribution in [2.24, 2.45) is 11.5 Å². The van der Waals surface area contributed by atoms with E-state index in [-0.39, 0.29) is 28.4 Å². The van der Waals surface area contributed by atoms with E-state index in [9.17, 15) is 10.1 Å². The van der Waals surface area contributed by atoms with Crippen molar-refractivity contribution in [3.8, 4) is 6.07 Å². The van der Waals surface area contributed by atoms with Crippen LogP contribution in [0.1, 0.15) is 5.56 Å². The van der Waals surface area contributed by atoms with Gasteiger partial charge in [0.1, 0.15) is 16.6 Å². The van der Waals surface area contributed by atoms with Crippen LogP contribution in [0.2, 0.25) is 0 Å². The number of hydrogen-bond acceptors (Lipinski definition) is 5. The molecule has 0 aliphatic heterocycles. The minimum absolute atomic E-state index is 0.00356. The molecule has 1 aromatic carbocycles. The van der Waals surface area contributed by atoms with E-state index in [4.69, 9.17) is 28.9 Å². The third-order valence-corrected chi connectivity index (χ3v) is 2.43. The first-order valence-corrected chi connectivity index (χ1v) is 5.28. The van der Waals surface area contributed by atoms with Crippen LogP contribution < -0.4 is 11.5 Å². The molecule has 0 heterocycles. The van der Waals surface area contributed by atoms with Crippen molar-refractivity contribution < 1.29 is 4.92 Å². The van der Waals surface area contributed by atoms with Crippen molar-refractivity contribution in [1.82, 2.24) is 0 Å². The molecule has 1 aromatic rings. The number of nitrogens with two attached hydrogens (primary N) is 2. The number of nitrogens with zero attached hydrogens (tertiary/aromatic N) is 2. The molecule has 6 nitrogen and oxygen atoms in total. The first-order chi connectivity index (χ1) is 8.45. The molecule has 0 aliphatic carbocycles. The lowest BCUT2D eigenvalue weighted by Crippen LogP contribution is -2.17. The third kappa shape index (κ3) is 3.26. The molecule has 0 unspecified atom stereocenters. The highest BCUT2D eigenvalue weighted by Gasteiger charge is 2.08. The monoisotopic (exact) mass is 262 g/mol. The quantitative estimate of drug-likeness (QED) is 0.276. The molecule has 0 atom stereocenters. The lowest BCUT2D eigenvalue weighted by Gasteiger charge is -2.04. The van der Waals surface area contributed by atoms with E-state index in [2.05, 4.69) is 0 Å². The number of nitro benzene ring substituents is 1. The Morgan fingerprint density at radius 3 is 2.33 bits per heavy atom. The Labute approximate surface area is 109 Å². The Hall–Kier alpha value is -2.46. The first-order valence-electron chi connectivity index (χ1n) is 4.87. The van der Waals surface area contributed by atoms with E-state index in [1.54, 1.807) is 12.1 Å². The fourth-order valence-corrected chi connectivity index (χ4v) is 1.51. The second-order valence-corrected chi connectivity index (χ2v) is 3.92. The highest BCUT2D eigenvalue weighted by Crippen LogP contribution is 2.14. The molecule has 0 saturated heterocycles. The summed E-state index contributed by atoms with van der Waals surface area (Å²) >= 11 is 4.69. The van der Waals surface area contributed by atoms with Gasteiger partial charge >= 0.3 is 0 Å². The average Bonchev–Trinajstić information content (AvgIpc) is 2.29. The van der Waals surface area contributed by atoms with Crippen LogP contribution in [0, 0.1) is 21.4 Å². The molecule has 0 fully saturated rings. The molecule has 0 amide bonds. The van der Waals surface area contributed by atoms with E-state index in [0.717, 1.165) is 5.56 Å². The van der Waals surface area contributed by atoms with Gasteiger partial charge in [-0.25, -0.2) is 0 Å². The van der Waals surface area contributed by atoms with Crippen LogP contribution in [0.25, 0.3) is 0 Å². The average molecular weight is 262 g/mol. The van der Waals surface area contributed by atoms with Crippen molar-refractivity contribution in [3.05, 3.63) is 51.2 Å². The number of allylic oxidation sites excluding steroid dienone is 1. The number of hydrogen-bond donors (Lipinski definition) is 2. The second-order valence-electron chi connectivity index (χ2n) is 3.48. The summed E-state index contributed by atoms with van der Waals surface area (Å²) in [5.74, 6) is 0. The molecule has 0 saturated carbocycles. The second kappa shape index (κ2) is 5.75. The molecule has 0 bridgehead atoms. The van der Waals surface area contributed by atoms with Gasteiger partial charge in [0.15, 0.2) is 0 Å². The summed E-state index contributed by atoms with van der Waals surface area (Å²) in [6.45, 7) is 0. The molecule has 0 spiro atoms. The molecule has 0 aromatic heterocycles. The SMILES string of the molecule is N#C/C(C(N)=S)=C(/N)Cc1ccc([N+](=O)[O-])cc1. The van der Waals surface area contributed by atoms with Crippen molar-refractivity contribution in [3.63, 3.8) is 0 Å². The highest BCUT2D eigenvalue weighted by molar-refractivity contribution is 7.80. The first kappa shape index (κ1) is 13.6. The molecule has 4 N–H and O–H groups in total. The molecular formula is C11H10N4O2S. The fourth-order valence-electron chi connectivity index (χ4n) is 1.33. The zero-order valence-corrected chi connectivity index (χ0v) is 10.1. The van der Waals surface area contributed by atoms with Crippen LogP contribution in [-0.2, 0) is 6.42 Å². The van der Waals surface area contributed by atoms with E-state index < -0.39 is 4.92 Å². The standard InChI is InChI=1S/C11H10N4O2S/c12-6-9(11(14)18)10(13)5-7-1-3-8(4-2-7)15(16)17/h1-4H,5,13H2,(H2,14,18)/b10-9-. The lowest BCUT2D eigenvalue weighted by molar-refractivity contribution is -0.384. The van der Waals surface area contributed by atoms with Crippen molar-refractivity contribution in [2.45, 2.75) is 6.42 Å². The topological polar surface area (TPSA) is 119 Å². The molecular weight excluding hydrogens is 252 g/mol. The minimum Gasteiger partial charge on any atom is -0.401 e. The Kier molecular flexibility index (Phi) is 4.34. The normalized spacial score (nSPS) is 11.3. The zero-order valence-electron chi connectivity index (χ0n) is 9.29. The fraction of sp³-hybridized carbons (Fsp3) is 0.0909. The maximum atomic E-state index is 10.5. The lowest BCUT2D eigenvalue weighted by atomic mass is 10.1. The third-order valence-electron chi connectivity index (χ3n) is 2.22. The molecule has 1 rings (SSSR count). The number of benzene rings is 1. The number of nitro groups is 1. The summed E-state index contributed by atoms with van der Waals surface area (Å²) < 4.78 is 0. The number of rotatable bonds is 4. The van der Waals surface area contributed by atoms with Crippen molar-refractivity contribution >= 4 is 22.9 Å². The van der Waals surface area contributed by atoms with Crippen molar-refractivity contribution in [2.75, 3.05) is 0 Å². The highest BCUT2D eigenvalue weighted by atomic mass is 32.1. The molecule has 7 heteroatoms. The Morgan fingerprint density at radius 1 is 1.39 bits per heavy atom. The van der Waals surface area contributed by atoms with Gasteiger partial charge in [0, 0.05) is 24.3 Å². The number of nitriles is 1. The van der Waals surface area contributed by atoms with E-state index in [0.29, 0.717) is 0 Å². The Bertz CT molecular complexity index is 557. The largest absolute Gasteiger partial charge is 0.401 e. The van der Waals surface area contributed by atoms with E-state index in [1.807, 2.05) is 6.07 Å². The predicted molar refractivity (Wildman–Crippen MR) is 70.4 cm³/mol. The molecule has 18 heavy (non-hydrogen) atoms. The number of thiocarbonyl (C=S) groups is 1. The van der Waals surface area contributed by atoms with Gasteiger partial charge < -0.3 is 11.5 Å². The predicted octanol–water partition coefficient (Wildman–Crippen LogP) is 1.16.